The lowest BCUT2D eigenvalue weighted by Crippen LogP contribution is -2.18. The molecule has 0 aliphatic carbocycles. The summed E-state index contributed by atoms with van der Waals surface area (Å²) in [7, 11) is 0. The van der Waals surface area contributed by atoms with E-state index in [1.54, 1.807) is 13.0 Å². The fraction of sp³-hybridized carbons (Fsp3) is 0.0769. The van der Waals surface area contributed by atoms with E-state index in [4.69, 9.17) is 5.26 Å². The number of pyridine rings is 2. The van der Waals surface area contributed by atoms with Crippen LogP contribution in [0.1, 0.15) is 21.5 Å². The first-order chi connectivity index (χ1) is 8.65. The van der Waals surface area contributed by atoms with Crippen LogP contribution in [0.4, 0.5) is 0 Å². The zero-order chi connectivity index (χ0) is 13.1. The van der Waals surface area contributed by atoms with Gasteiger partial charge in [-0.15, -0.1) is 0 Å². The molecule has 0 aliphatic rings. The summed E-state index contributed by atoms with van der Waals surface area (Å²) in [5.41, 5.74) is 1.20. The Kier molecular flexibility index (Phi) is 3.02. The molecule has 0 spiro atoms. The molecular formula is C13H9N3O2. The molecule has 2 aromatic rings. The molecular weight excluding hydrogens is 230 g/mol. The highest BCUT2D eigenvalue weighted by atomic mass is 16.1. The Labute approximate surface area is 103 Å². The molecule has 5 nitrogen and oxygen atoms in total. The second-order valence-corrected chi connectivity index (χ2v) is 3.76. The predicted octanol–water partition coefficient (Wildman–Crippen LogP) is 1.23. The predicted molar refractivity (Wildman–Crippen MR) is 64.7 cm³/mol. The highest BCUT2D eigenvalue weighted by Crippen LogP contribution is 2.09. The van der Waals surface area contributed by atoms with E-state index in [-0.39, 0.29) is 5.56 Å². The van der Waals surface area contributed by atoms with Crippen LogP contribution in [0.5, 0.6) is 0 Å². The van der Waals surface area contributed by atoms with E-state index in [0.717, 1.165) is 5.56 Å². The highest BCUT2D eigenvalue weighted by Gasteiger charge is 2.05. The number of hydrogen-bond donors (Lipinski definition) is 0. The summed E-state index contributed by atoms with van der Waals surface area (Å²) in [4.78, 5) is 26.4. The van der Waals surface area contributed by atoms with Gasteiger partial charge in [0.1, 0.15) is 18.2 Å². The Morgan fingerprint density at radius 2 is 2.22 bits per heavy atom. The molecule has 88 valence electrons. The fourth-order valence-electron chi connectivity index (χ4n) is 1.55. The first-order valence-corrected chi connectivity index (χ1v) is 5.20. The minimum Gasteiger partial charge on any atom is -0.298 e. The van der Waals surface area contributed by atoms with Gasteiger partial charge in [-0.1, -0.05) is 0 Å². The number of aldehydes is 1. The van der Waals surface area contributed by atoms with Crippen molar-refractivity contribution in [3.63, 3.8) is 0 Å². The molecule has 2 heterocycles. The van der Waals surface area contributed by atoms with Gasteiger partial charge in [-0.25, -0.2) is 4.98 Å². The van der Waals surface area contributed by atoms with Gasteiger partial charge < -0.3 is 0 Å². The van der Waals surface area contributed by atoms with Gasteiger partial charge in [0.05, 0.1) is 5.56 Å². The van der Waals surface area contributed by atoms with Crippen molar-refractivity contribution < 1.29 is 4.79 Å². The lowest BCUT2D eigenvalue weighted by Gasteiger charge is -2.06. The highest BCUT2D eigenvalue weighted by molar-refractivity contribution is 5.74. The van der Waals surface area contributed by atoms with Crippen molar-refractivity contribution in [1.82, 2.24) is 9.55 Å². The van der Waals surface area contributed by atoms with E-state index in [1.165, 1.54) is 29.1 Å². The zero-order valence-corrected chi connectivity index (χ0v) is 9.62. The molecule has 0 aliphatic heterocycles. The van der Waals surface area contributed by atoms with Crippen LogP contribution in [-0.2, 0) is 0 Å². The van der Waals surface area contributed by atoms with Crippen molar-refractivity contribution in [2.24, 2.45) is 0 Å². The summed E-state index contributed by atoms with van der Waals surface area (Å²) < 4.78 is 1.32. The van der Waals surface area contributed by atoms with Crippen LogP contribution in [-0.4, -0.2) is 15.8 Å². The van der Waals surface area contributed by atoms with Crippen LogP contribution >= 0.6 is 0 Å². The molecule has 2 rings (SSSR count). The van der Waals surface area contributed by atoms with E-state index in [9.17, 15) is 9.59 Å². The van der Waals surface area contributed by atoms with E-state index in [2.05, 4.69) is 4.98 Å². The quantitative estimate of drug-likeness (QED) is 0.738. The molecule has 0 atom stereocenters. The van der Waals surface area contributed by atoms with Crippen LogP contribution in [0.2, 0.25) is 0 Å². The second-order valence-electron chi connectivity index (χ2n) is 3.76. The summed E-state index contributed by atoms with van der Waals surface area (Å²) in [5, 5.41) is 8.81. The van der Waals surface area contributed by atoms with Gasteiger partial charge in [0.15, 0.2) is 0 Å². The number of hydrogen-bond acceptors (Lipinski definition) is 4. The van der Waals surface area contributed by atoms with Gasteiger partial charge >= 0.3 is 0 Å². The Bertz CT molecular complexity index is 711. The molecule has 5 heteroatoms. The van der Waals surface area contributed by atoms with Crippen LogP contribution in [0.15, 0.2) is 35.4 Å². The smallest absolute Gasteiger partial charge is 0.256 e. The van der Waals surface area contributed by atoms with Gasteiger partial charge in [0, 0.05) is 24.0 Å². The SMILES string of the molecule is Cc1cc(-n2ccc(C=O)cc2=O)ncc1C#N. The topological polar surface area (TPSA) is 75.8 Å². The maximum Gasteiger partial charge on any atom is 0.256 e. The van der Waals surface area contributed by atoms with Gasteiger partial charge in [0.2, 0.25) is 0 Å². The molecule has 0 N–H and O–H groups in total. The molecule has 0 saturated heterocycles. The number of carbonyl (C=O) groups is 1. The first-order valence-electron chi connectivity index (χ1n) is 5.20. The second kappa shape index (κ2) is 4.63. The van der Waals surface area contributed by atoms with Crippen LogP contribution in [0, 0.1) is 18.3 Å². The average Bonchev–Trinajstić information content (AvgIpc) is 2.38. The molecule has 0 radical (unpaired) electrons. The van der Waals surface area contributed by atoms with Crippen LogP contribution in [0.3, 0.4) is 0 Å². The fourth-order valence-corrected chi connectivity index (χ4v) is 1.55. The maximum atomic E-state index is 11.8. The molecule has 0 amide bonds. The number of carbonyl (C=O) groups excluding carboxylic acids is 1. The van der Waals surface area contributed by atoms with E-state index < -0.39 is 0 Å². The van der Waals surface area contributed by atoms with Gasteiger partial charge in [-0.2, -0.15) is 5.26 Å². The lowest BCUT2D eigenvalue weighted by atomic mass is 10.2. The van der Waals surface area contributed by atoms with E-state index >= 15 is 0 Å². The van der Waals surface area contributed by atoms with Crippen LogP contribution < -0.4 is 5.56 Å². The maximum absolute atomic E-state index is 11.8. The standard InChI is InChI=1S/C13H9N3O2/c1-9-4-12(15-7-11(9)6-14)16-3-2-10(8-17)5-13(16)18/h2-5,7-8H,1H3. The Morgan fingerprint density at radius 1 is 1.44 bits per heavy atom. The lowest BCUT2D eigenvalue weighted by molar-refractivity contribution is 0.112. The summed E-state index contributed by atoms with van der Waals surface area (Å²) in [6.07, 6.45) is 3.52. The minimum atomic E-state index is -0.337. The molecule has 0 saturated carbocycles. The minimum absolute atomic E-state index is 0.321. The summed E-state index contributed by atoms with van der Waals surface area (Å²) in [6.45, 7) is 1.77. The third-order valence-electron chi connectivity index (χ3n) is 2.54. The first kappa shape index (κ1) is 11.7. The Morgan fingerprint density at radius 3 is 2.78 bits per heavy atom. The van der Waals surface area contributed by atoms with Crippen molar-refractivity contribution in [1.29, 1.82) is 5.26 Å². The van der Waals surface area contributed by atoms with Crippen molar-refractivity contribution in [3.05, 3.63) is 57.6 Å². The monoisotopic (exact) mass is 239 g/mol. The van der Waals surface area contributed by atoms with Crippen molar-refractivity contribution >= 4 is 6.29 Å². The number of nitrogens with zero attached hydrogens (tertiary/aromatic N) is 3. The third-order valence-corrected chi connectivity index (χ3v) is 2.54. The molecule has 18 heavy (non-hydrogen) atoms. The number of aromatic nitrogens is 2. The average molecular weight is 239 g/mol. The van der Waals surface area contributed by atoms with Gasteiger partial charge in [-0.05, 0) is 24.6 Å². The molecule has 0 fully saturated rings. The number of aryl methyl sites for hydroxylation is 1. The molecule has 0 aromatic carbocycles. The molecule has 0 bridgehead atoms. The summed E-state index contributed by atoms with van der Waals surface area (Å²) in [5.74, 6) is 0.425. The number of rotatable bonds is 2. The van der Waals surface area contributed by atoms with E-state index in [0.29, 0.717) is 23.2 Å². The third kappa shape index (κ3) is 2.04. The van der Waals surface area contributed by atoms with Crippen molar-refractivity contribution in [3.8, 4) is 11.9 Å². The normalized spacial score (nSPS) is 9.78. The van der Waals surface area contributed by atoms with Crippen molar-refractivity contribution in [2.45, 2.75) is 6.92 Å². The van der Waals surface area contributed by atoms with Crippen molar-refractivity contribution in [2.75, 3.05) is 0 Å². The summed E-state index contributed by atoms with van der Waals surface area (Å²) in [6, 6.07) is 6.43. The Hall–Kier alpha value is -2.74. The molecule has 0 unspecified atom stereocenters. The van der Waals surface area contributed by atoms with Crippen LogP contribution in [0.25, 0.3) is 5.82 Å². The molecule has 2 aromatic heterocycles. The van der Waals surface area contributed by atoms with Gasteiger partial charge in [-0.3, -0.25) is 14.2 Å². The van der Waals surface area contributed by atoms with E-state index in [1.807, 2.05) is 6.07 Å². The Balaban J connectivity index is 2.56. The zero-order valence-electron chi connectivity index (χ0n) is 9.62. The largest absolute Gasteiger partial charge is 0.298 e. The number of nitriles is 1. The van der Waals surface area contributed by atoms with Gasteiger partial charge in [0.25, 0.3) is 5.56 Å². The summed E-state index contributed by atoms with van der Waals surface area (Å²) >= 11 is 0.